The molecule has 0 atom stereocenters. The molecule has 2 N–H and O–H groups in total. The molecule has 0 bridgehead atoms. The van der Waals surface area contributed by atoms with Crippen LogP contribution < -0.4 is 5.73 Å². The quantitative estimate of drug-likeness (QED) is 0.891. The van der Waals surface area contributed by atoms with E-state index in [-0.39, 0.29) is 11.4 Å². The largest absolute Gasteiger partial charge is 0.375 e. The number of hydrogen-bond donors (Lipinski definition) is 1. The number of aryl methyl sites for hydroxylation is 1. The predicted octanol–water partition coefficient (Wildman–Crippen LogP) is 3.31. The Morgan fingerprint density at radius 3 is 2.67 bits per heavy atom. The fourth-order valence-electron chi connectivity index (χ4n) is 2.59. The van der Waals surface area contributed by atoms with Crippen LogP contribution in [0.4, 0.5) is 4.39 Å². The van der Waals surface area contributed by atoms with Crippen molar-refractivity contribution in [3.63, 3.8) is 0 Å². The highest BCUT2D eigenvalue weighted by molar-refractivity contribution is 5.25. The Bertz CT molecular complexity index is 399. The van der Waals surface area contributed by atoms with Gasteiger partial charge in [-0.25, -0.2) is 4.39 Å². The van der Waals surface area contributed by atoms with Crippen LogP contribution in [0.1, 0.15) is 43.2 Å². The van der Waals surface area contributed by atoms with Crippen LogP contribution in [0.15, 0.2) is 18.2 Å². The maximum absolute atomic E-state index is 13.0. The standard InChI is InChI=1S/C15H22FNO/c1-12-9-14(16)6-5-13(12)10-18-11-15(17)7-3-2-4-8-15/h5-6,9H,2-4,7-8,10-11,17H2,1H3. The fourth-order valence-corrected chi connectivity index (χ4v) is 2.59. The van der Waals surface area contributed by atoms with Crippen LogP contribution >= 0.6 is 0 Å². The van der Waals surface area contributed by atoms with Gasteiger partial charge in [0.25, 0.3) is 0 Å². The van der Waals surface area contributed by atoms with Gasteiger partial charge in [-0.05, 0) is 43.0 Å². The number of hydrogen-bond acceptors (Lipinski definition) is 2. The molecule has 0 saturated heterocycles. The Balaban J connectivity index is 1.84. The molecular weight excluding hydrogens is 229 g/mol. The molecule has 0 amide bonds. The topological polar surface area (TPSA) is 35.2 Å². The van der Waals surface area contributed by atoms with Crippen LogP contribution in [0.25, 0.3) is 0 Å². The van der Waals surface area contributed by atoms with Crippen molar-refractivity contribution in [2.75, 3.05) is 6.61 Å². The van der Waals surface area contributed by atoms with E-state index in [9.17, 15) is 4.39 Å². The van der Waals surface area contributed by atoms with Gasteiger partial charge in [-0.15, -0.1) is 0 Å². The molecule has 0 aromatic heterocycles. The van der Waals surface area contributed by atoms with E-state index in [1.807, 2.05) is 6.92 Å². The SMILES string of the molecule is Cc1cc(F)ccc1COCC1(N)CCCCC1. The summed E-state index contributed by atoms with van der Waals surface area (Å²) < 4.78 is 18.7. The van der Waals surface area contributed by atoms with Gasteiger partial charge < -0.3 is 10.5 Å². The van der Waals surface area contributed by atoms with Crippen molar-refractivity contribution in [1.29, 1.82) is 0 Å². The van der Waals surface area contributed by atoms with Crippen molar-refractivity contribution >= 4 is 0 Å². The predicted molar refractivity (Wildman–Crippen MR) is 70.8 cm³/mol. The second kappa shape index (κ2) is 5.81. The highest BCUT2D eigenvalue weighted by Crippen LogP contribution is 2.26. The maximum atomic E-state index is 13.0. The lowest BCUT2D eigenvalue weighted by Gasteiger charge is -2.33. The molecule has 0 spiro atoms. The van der Waals surface area contributed by atoms with Crippen molar-refractivity contribution < 1.29 is 9.13 Å². The first-order valence-corrected chi connectivity index (χ1v) is 6.71. The van der Waals surface area contributed by atoms with E-state index >= 15 is 0 Å². The third kappa shape index (κ3) is 3.53. The molecular formula is C15H22FNO. The number of benzene rings is 1. The molecule has 1 aliphatic rings. The molecule has 3 heteroatoms. The highest BCUT2D eigenvalue weighted by atomic mass is 19.1. The van der Waals surface area contributed by atoms with Gasteiger partial charge in [-0.1, -0.05) is 25.3 Å². The van der Waals surface area contributed by atoms with Crippen LogP contribution in [-0.2, 0) is 11.3 Å². The van der Waals surface area contributed by atoms with Gasteiger partial charge in [-0.2, -0.15) is 0 Å². The zero-order chi connectivity index (χ0) is 13.0. The van der Waals surface area contributed by atoms with Gasteiger partial charge in [0.15, 0.2) is 0 Å². The van der Waals surface area contributed by atoms with Crippen LogP contribution in [0.5, 0.6) is 0 Å². The second-order valence-corrected chi connectivity index (χ2v) is 5.49. The summed E-state index contributed by atoms with van der Waals surface area (Å²) >= 11 is 0. The Morgan fingerprint density at radius 2 is 2.00 bits per heavy atom. The molecule has 1 saturated carbocycles. The zero-order valence-electron chi connectivity index (χ0n) is 11.0. The third-order valence-corrected chi connectivity index (χ3v) is 3.80. The van der Waals surface area contributed by atoms with Gasteiger partial charge in [-0.3, -0.25) is 0 Å². The van der Waals surface area contributed by atoms with Crippen LogP contribution in [0.2, 0.25) is 0 Å². The fraction of sp³-hybridized carbons (Fsp3) is 0.600. The number of nitrogens with two attached hydrogens (primary N) is 1. The van der Waals surface area contributed by atoms with E-state index in [1.165, 1.54) is 31.4 Å². The van der Waals surface area contributed by atoms with Gasteiger partial charge in [0.2, 0.25) is 0 Å². The molecule has 1 aliphatic carbocycles. The van der Waals surface area contributed by atoms with Crippen LogP contribution in [-0.4, -0.2) is 12.1 Å². The monoisotopic (exact) mass is 251 g/mol. The molecule has 0 unspecified atom stereocenters. The van der Waals surface area contributed by atoms with E-state index in [1.54, 1.807) is 6.07 Å². The summed E-state index contributed by atoms with van der Waals surface area (Å²) in [6.45, 7) is 3.02. The minimum absolute atomic E-state index is 0.147. The average molecular weight is 251 g/mol. The van der Waals surface area contributed by atoms with E-state index < -0.39 is 0 Å². The molecule has 1 aromatic rings. The second-order valence-electron chi connectivity index (χ2n) is 5.49. The van der Waals surface area contributed by atoms with Crippen molar-refractivity contribution in [1.82, 2.24) is 0 Å². The summed E-state index contributed by atoms with van der Waals surface area (Å²) in [6, 6.07) is 4.80. The maximum Gasteiger partial charge on any atom is 0.123 e. The molecule has 0 radical (unpaired) electrons. The molecule has 2 rings (SSSR count). The normalized spacial score (nSPS) is 18.8. The molecule has 18 heavy (non-hydrogen) atoms. The Labute approximate surface area is 108 Å². The summed E-state index contributed by atoms with van der Waals surface area (Å²) in [5.41, 5.74) is 8.13. The lowest BCUT2D eigenvalue weighted by molar-refractivity contribution is 0.0572. The van der Waals surface area contributed by atoms with Crippen molar-refractivity contribution in [3.05, 3.63) is 35.1 Å². The lowest BCUT2D eigenvalue weighted by atomic mass is 9.83. The first-order valence-electron chi connectivity index (χ1n) is 6.71. The van der Waals surface area contributed by atoms with Crippen molar-refractivity contribution in [3.8, 4) is 0 Å². The summed E-state index contributed by atoms with van der Waals surface area (Å²) in [5.74, 6) is -0.196. The summed E-state index contributed by atoms with van der Waals surface area (Å²) in [4.78, 5) is 0. The van der Waals surface area contributed by atoms with Gasteiger partial charge >= 0.3 is 0 Å². The minimum atomic E-state index is -0.196. The summed E-state index contributed by atoms with van der Waals surface area (Å²) in [7, 11) is 0. The number of rotatable bonds is 4. The average Bonchev–Trinajstić information content (AvgIpc) is 2.33. The molecule has 0 aliphatic heterocycles. The molecule has 2 nitrogen and oxygen atoms in total. The van der Waals surface area contributed by atoms with E-state index in [2.05, 4.69) is 0 Å². The van der Waals surface area contributed by atoms with Crippen molar-refractivity contribution in [2.45, 2.75) is 51.2 Å². The molecule has 100 valence electrons. The van der Waals surface area contributed by atoms with E-state index in [4.69, 9.17) is 10.5 Å². The molecule has 1 fully saturated rings. The number of halogens is 1. The minimum Gasteiger partial charge on any atom is -0.375 e. The van der Waals surface area contributed by atoms with E-state index in [0.717, 1.165) is 24.0 Å². The first-order chi connectivity index (χ1) is 8.59. The Kier molecular flexibility index (Phi) is 4.36. The smallest absolute Gasteiger partial charge is 0.123 e. The van der Waals surface area contributed by atoms with Crippen LogP contribution in [0, 0.1) is 12.7 Å². The highest BCUT2D eigenvalue weighted by Gasteiger charge is 2.27. The zero-order valence-corrected chi connectivity index (χ0v) is 11.0. The van der Waals surface area contributed by atoms with Gasteiger partial charge in [0, 0.05) is 5.54 Å². The molecule has 1 aromatic carbocycles. The van der Waals surface area contributed by atoms with Crippen LogP contribution in [0.3, 0.4) is 0 Å². The Hall–Kier alpha value is -0.930. The van der Waals surface area contributed by atoms with E-state index in [0.29, 0.717) is 13.2 Å². The summed E-state index contributed by atoms with van der Waals surface area (Å²) in [5, 5.41) is 0. The van der Waals surface area contributed by atoms with Gasteiger partial charge in [0.1, 0.15) is 5.82 Å². The lowest BCUT2D eigenvalue weighted by Crippen LogP contribution is -2.46. The summed E-state index contributed by atoms with van der Waals surface area (Å²) in [6.07, 6.45) is 5.80. The number of ether oxygens (including phenoxy) is 1. The Morgan fingerprint density at radius 1 is 1.28 bits per heavy atom. The third-order valence-electron chi connectivity index (χ3n) is 3.80. The van der Waals surface area contributed by atoms with Gasteiger partial charge in [0.05, 0.1) is 13.2 Å². The van der Waals surface area contributed by atoms with Crippen molar-refractivity contribution in [2.24, 2.45) is 5.73 Å². The first kappa shape index (κ1) is 13.5. The molecule has 0 heterocycles.